The van der Waals surface area contributed by atoms with Crippen LogP contribution in [0, 0.1) is 0 Å². The number of aliphatic hydroxyl groups excluding tert-OH is 1. The highest BCUT2D eigenvalue weighted by Crippen LogP contribution is 2.33. The van der Waals surface area contributed by atoms with Crippen LogP contribution in [0.1, 0.15) is 37.2 Å². The molecule has 0 radical (unpaired) electrons. The molecular formula is C23H31N3O5S. The van der Waals surface area contributed by atoms with Crippen molar-refractivity contribution < 1.29 is 23.1 Å². The lowest BCUT2D eigenvalue weighted by Crippen LogP contribution is -2.44. The molecule has 0 aromatic heterocycles. The number of carbonyl (C=O) groups is 2. The monoisotopic (exact) mass is 461 g/mol. The van der Waals surface area contributed by atoms with Crippen LogP contribution < -0.4 is 5.32 Å². The number of sulfone groups is 1. The number of nitrogens with zero attached hydrogens (tertiary/aromatic N) is 2. The molecule has 0 bridgehead atoms. The highest BCUT2D eigenvalue weighted by molar-refractivity contribution is 7.91. The van der Waals surface area contributed by atoms with Crippen LogP contribution in [0.2, 0.25) is 0 Å². The van der Waals surface area contributed by atoms with Gasteiger partial charge in [-0.25, -0.2) is 8.42 Å². The van der Waals surface area contributed by atoms with Gasteiger partial charge in [0.2, 0.25) is 0 Å². The van der Waals surface area contributed by atoms with E-state index in [-0.39, 0.29) is 35.6 Å². The highest BCUT2D eigenvalue weighted by atomic mass is 32.2. The van der Waals surface area contributed by atoms with Gasteiger partial charge in [0.1, 0.15) is 0 Å². The first-order valence-electron chi connectivity index (χ1n) is 11.3. The Balaban J connectivity index is 1.25. The Kier molecular flexibility index (Phi) is 6.85. The molecule has 9 heteroatoms. The van der Waals surface area contributed by atoms with E-state index in [1.165, 1.54) is 10.5 Å². The maximum absolute atomic E-state index is 12.8. The fourth-order valence-electron chi connectivity index (χ4n) is 4.78. The third-order valence-corrected chi connectivity index (χ3v) is 8.46. The fourth-order valence-corrected chi connectivity index (χ4v) is 6.06. The quantitative estimate of drug-likeness (QED) is 0.660. The van der Waals surface area contributed by atoms with E-state index in [4.69, 9.17) is 0 Å². The van der Waals surface area contributed by atoms with Crippen molar-refractivity contribution in [2.24, 2.45) is 0 Å². The number of aliphatic hydroxyl groups is 1. The zero-order valence-corrected chi connectivity index (χ0v) is 19.0. The summed E-state index contributed by atoms with van der Waals surface area (Å²) in [6.07, 6.45) is 3.73. The Bertz CT molecular complexity index is 970. The van der Waals surface area contributed by atoms with Crippen LogP contribution in [0.15, 0.2) is 41.7 Å². The molecule has 1 saturated heterocycles. The van der Waals surface area contributed by atoms with Crippen molar-refractivity contribution in [2.45, 2.75) is 37.6 Å². The van der Waals surface area contributed by atoms with Crippen LogP contribution in [0.5, 0.6) is 0 Å². The van der Waals surface area contributed by atoms with E-state index >= 15 is 0 Å². The second-order valence-corrected chi connectivity index (χ2v) is 11.3. The summed E-state index contributed by atoms with van der Waals surface area (Å²) in [5, 5.41) is 13.3. The first-order chi connectivity index (χ1) is 15.3. The molecule has 1 aromatic rings. The topological polar surface area (TPSA) is 107 Å². The molecular weight excluding hydrogens is 430 g/mol. The van der Waals surface area contributed by atoms with Crippen molar-refractivity contribution in [3.8, 4) is 0 Å². The van der Waals surface area contributed by atoms with Gasteiger partial charge in [0.25, 0.3) is 11.8 Å². The van der Waals surface area contributed by atoms with E-state index in [0.717, 1.165) is 25.7 Å². The second kappa shape index (κ2) is 9.62. The van der Waals surface area contributed by atoms with Gasteiger partial charge in [-0.05, 0) is 37.2 Å². The predicted molar refractivity (Wildman–Crippen MR) is 121 cm³/mol. The van der Waals surface area contributed by atoms with Crippen LogP contribution >= 0.6 is 0 Å². The van der Waals surface area contributed by atoms with E-state index in [9.17, 15) is 23.1 Å². The molecule has 1 aromatic carbocycles. The van der Waals surface area contributed by atoms with Crippen LogP contribution in [-0.2, 0) is 19.4 Å². The number of hydrogen-bond donors (Lipinski definition) is 2. The number of nitrogens with one attached hydrogen (secondary N) is 1. The van der Waals surface area contributed by atoms with Gasteiger partial charge in [0, 0.05) is 32.2 Å². The highest BCUT2D eigenvalue weighted by Gasteiger charge is 2.35. The van der Waals surface area contributed by atoms with E-state index in [1.807, 2.05) is 11.0 Å². The van der Waals surface area contributed by atoms with E-state index in [1.54, 1.807) is 0 Å². The lowest BCUT2D eigenvalue weighted by atomic mass is 9.82. The molecule has 8 nitrogen and oxygen atoms in total. The summed E-state index contributed by atoms with van der Waals surface area (Å²) in [6.45, 7) is 1.85. The zero-order valence-electron chi connectivity index (χ0n) is 18.2. The maximum atomic E-state index is 12.8. The Morgan fingerprint density at radius 2 is 1.69 bits per heavy atom. The van der Waals surface area contributed by atoms with Crippen molar-refractivity contribution in [3.63, 3.8) is 0 Å². The van der Waals surface area contributed by atoms with Crippen molar-refractivity contribution in [2.75, 3.05) is 44.2 Å². The van der Waals surface area contributed by atoms with Gasteiger partial charge in [-0.3, -0.25) is 14.5 Å². The largest absolute Gasteiger partial charge is 0.503 e. The average Bonchev–Trinajstić information content (AvgIpc) is 3.08. The standard InChI is InChI=1S/C23H31N3O5S/c27-21-20(16-26(23(21)29)11-10-25-12-14-32(30,31)15-13-25)22(28)24-19-8-6-18(7-9-19)17-4-2-1-3-5-17/h1-5,18-19,27H,6-16H2,(H,24,28)/t18-,19+. The molecule has 2 heterocycles. The first kappa shape index (κ1) is 22.8. The third kappa shape index (κ3) is 5.32. The Hall–Kier alpha value is -2.39. The van der Waals surface area contributed by atoms with Gasteiger partial charge in [-0.2, -0.15) is 0 Å². The van der Waals surface area contributed by atoms with E-state index < -0.39 is 21.5 Å². The van der Waals surface area contributed by atoms with Gasteiger partial charge in [-0.1, -0.05) is 30.3 Å². The normalized spacial score (nSPS) is 26.4. The molecule has 0 unspecified atom stereocenters. The Morgan fingerprint density at radius 3 is 2.34 bits per heavy atom. The van der Waals surface area contributed by atoms with E-state index in [0.29, 0.717) is 32.1 Å². The lowest BCUT2D eigenvalue weighted by Gasteiger charge is -2.29. The first-order valence-corrected chi connectivity index (χ1v) is 13.1. The minimum Gasteiger partial charge on any atom is -0.503 e. The number of hydrogen-bond acceptors (Lipinski definition) is 6. The number of carbonyl (C=O) groups excluding carboxylic acids is 2. The van der Waals surface area contributed by atoms with Gasteiger partial charge in [0.15, 0.2) is 15.6 Å². The molecule has 2 aliphatic heterocycles. The van der Waals surface area contributed by atoms with Gasteiger partial charge < -0.3 is 15.3 Å². The summed E-state index contributed by atoms with van der Waals surface area (Å²) in [4.78, 5) is 28.6. The Morgan fingerprint density at radius 1 is 1.03 bits per heavy atom. The SMILES string of the molecule is O=C(N[C@H]1CC[C@@H](c2ccccc2)CC1)C1=C(O)C(=O)N(CCN2CCS(=O)(=O)CC2)C1. The molecule has 2 N–H and O–H groups in total. The van der Waals surface area contributed by atoms with Crippen molar-refractivity contribution in [3.05, 3.63) is 47.2 Å². The molecule has 4 rings (SSSR count). The number of amides is 2. The minimum absolute atomic E-state index is 0.0437. The summed E-state index contributed by atoms with van der Waals surface area (Å²) in [6, 6.07) is 10.5. The van der Waals surface area contributed by atoms with Gasteiger partial charge >= 0.3 is 0 Å². The predicted octanol–water partition coefficient (Wildman–Crippen LogP) is 1.21. The molecule has 3 aliphatic rings. The van der Waals surface area contributed by atoms with Crippen LogP contribution in [0.25, 0.3) is 0 Å². The Labute approximate surface area is 189 Å². The summed E-state index contributed by atoms with van der Waals surface area (Å²) >= 11 is 0. The van der Waals surface area contributed by atoms with Crippen molar-refractivity contribution >= 4 is 21.7 Å². The molecule has 0 atom stereocenters. The van der Waals surface area contributed by atoms with Crippen LogP contribution in [-0.4, -0.2) is 85.4 Å². The smallest absolute Gasteiger partial charge is 0.289 e. The minimum atomic E-state index is -2.95. The average molecular weight is 462 g/mol. The van der Waals surface area contributed by atoms with E-state index in [2.05, 4.69) is 29.6 Å². The molecule has 0 spiro atoms. The number of rotatable bonds is 6. The molecule has 2 fully saturated rings. The fraction of sp³-hybridized carbons (Fsp3) is 0.565. The van der Waals surface area contributed by atoms with Gasteiger partial charge in [0.05, 0.1) is 23.6 Å². The molecule has 1 aliphatic carbocycles. The summed E-state index contributed by atoms with van der Waals surface area (Å²) in [7, 11) is -2.95. The number of benzene rings is 1. The van der Waals surface area contributed by atoms with Crippen LogP contribution in [0.3, 0.4) is 0 Å². The van der Waals surface area contributed by atoms with Crippen molar-refractivity contribution in [1.29, 1.82) is 0 Å². The molecule has 174 valence electrons. The van der Waals surface area contributed by atoms with Crippen molar-refractivity contribution in [1.82, 2.24) is 15.1 Å². The summed E-state index contributed by atoms with van der Waals surface area (Å²) < 4.78 is 23.1. The third-order valence-electron chi connectivity index (χ3n) is 6.86. The van der Waals surface area contributed by atoms with Crippen LogP contribution in [0.4, 0.5) is 0 Å². The summed E-state index contributed by atoms with van der Waals surface area (Å²) in [5.74, 6) is -0.611. The zero-order chi connectivity index (χ0) is 22.7. The molecule has 2 amide bonds. The summed E-state index contributed by atoms with van der Waals surface area (Å²) in [5.41, 5.74) is 1.46. The second-order valence-electron chi connectivity index (χ2n) is 8.98. The molecule has 32 heavy (non-hydrogen) atoms. The maximum Gasteiger partial charge on any atom is 0.289 e. The lowest BCUT2D eigenvalue weighted by molar-refractivity contribution is -0.128. The van der Waals surface area contributed by atoms with Gasteiger partial charge in [-0.15, -0.1) is 0 Å². The molecule has 1 saturated carbocycles.